The zero-order valence-electron chi connectivity index (χ0n) is 17.9. The molecule has 2 aromatic carbocycles. The molecule has 162 valence electrons. The molecule has 2 aromatic rings. The predicted molar refractivity (Wildman–Crippen MR) is 123 cm³/mol. The summed E-state index contributed by atoms with van der Waals surface area (Å²) in [5.74, 6) is 2.15. The largest absolute Gasteiger partial charge is 0.493 e. The van der Waals surface area contributed by atoms with Gasteiger partial charge in [0, 0.05) is 0 Å². The van der Waals surface area contributed by atoms with Gasteiger partial charge in [-0.25, -0.2) is 0 Å². The lowest BCUT2D eigenvalue weighted by Crippen LogP contribution is -2.54. The molecule has 1 aliphatic carbocycles. The molecule has 5 rings (SSSR count). The Bertz CT molecular complexity index is 1010. The van der Waals surface area contributed by atoms with Gasteiger partial charge in [0.2, 0.25) is 5.91 Å². The summed E-state index contributed by atoms with van der Waals surface area (Å²) in [6.07, 6.45) is 3.10. The molecule has 4 unspecified atom stereocenters. The number of ether oxygens (including phenoxy) is 2. The third-order valence-electron chi connectivity index (χ3n) is 6.40. The van der Waals surface area contributed by atoms with Gasteiger partial charge < -0.3 is 14.8 Å². The number of nitrogens with one attached hydrogen (secondary N) is 2. The fourth-order valence-corrected chi connectivity index (χ4v) is 6.41. The summed E-state index contributed by atoms with van der Waals surface area (Å²) < 4.78 is 11.6. The topological polar surface area (TPSA) is 59.6 Å². The molecular formula is C25H28N2O3S. The first-order valence-electron chi connectivity index (χ1n) is 10.9. The second-order valence-electron chi connectivity index (χ2n) is 8.61. The molecule has 0 saturated carbocycles. The molecular weight excluding hydrogens is 408 g/mol. The number of thioether (sulfide) groups is 1. The number of hydrogen-bond donors (Lipinski definition) is 2. The fourth-order valence-electron chi connectivity index (χ4n) is 4.71. The summed E-state index contributed by atoms with van der Waals surface area (Å²) in [7, 11) is 1.64. The van der Waals surface area contributed by atoms with Gasteiger partial charge in [-0.15, -0.1) is 11.8 Å². The average Bonchev–Trinajstić information content (AvgIpc) is 3.16. The van der Waals surface area contributed by atoms with Crippen molar-refractivity contribution in [2.75, 3.05) is 7.11 Å². The summed E-state index contributed by atoms with van der Waals surface area (Å²) in [5, 5.41) is 6.94. The molecule has 31 heavy (non-hydrogen) atoms. The number of hydrogen-bond acceptors (Lipinski definition) is 5. The van der Waals surface area contributed by atoms with Crippen LogP contribution in [-0.2, 0) is 11.4 Å². The van der Waals surface area contributed by atoms with Crippen molar-refractivity contribution in [1.29, 1.82) is 0 Å². The lowest BCUT2D eigenvalue weighted by molar-refractivity contribution is -0.127. The number of rotatable bonds is 5. The molecule has 6 heteroatoms. The van der Waals surface area contributed by atoms with Crippen LogP contribution < -0.4 is 20.1 Å². The predicted octanol–water partition coefficient (Wildman–Crippen LogP) is 4.76. The molecule has 0 bridgehead atoms. The highest BCUT2D eigenvalue weighted by molar-refractivity contribution is 8.04. The molecule has 0 aromatic heterocycles. The lowest BCUT2D eigenvalue weighted by Gasteiger charge is -2.35. The van der Waals surface area contributed by atoms with E-state index in [-0.39, 0.29) is 23.4 Å². The van der Waals surface area contributed by atoms with Gasteiger partial charge in [0.25, 0.3) is 0 Å². The van der Waals surface area contributed by atoms with Crippen LogP contribution in [0.25, 0.3) is 0 Å². The highest BCUT2D eigenvalue weighted by Gasteiger charge is 2.46. The second kappa shape index (κ2) is 8.60. The highest BCUT2D eigenvalue weighted by atomic mass is 32.2. The van der Waals surface area contributed by atoms with Gasteiger partial charge >= 0.3 is 0 Å². The minimum absolute atomic E-state index is 0.0425. The molecule has 2 heterocycles. The number of benzene rings is 2. The van der Waals surface area contributed by atoms with Crippen molar-refractivity contribution in [2.24, 2.45) is 11.8 Å². The van der Waals surface area contributed by atoms with Crippen LogP contribution in [0.1, 0.15) is 43.5 Å². The van der Waals surface area contributed by atoms with Gasteiger partial charge in [-0.1, -0.05) is 43.3 Å². The maximum atomic E-state index is 13.0. The number of carbonyl (C=O) groups excluding carboxylic acids is 1. The van der Waals surface area contributed by atoms with Crippen molar-refractivity contribution >= 4 is 17.7 Å². The summed E-state index contributed by atoms with van der Waals surface area (Å²) >= 11 is 1.86. The SMILES string of the molecule is COc1cc(C2NC(=O)C3C4=C(CC(C)CC4)SC3N2)ccc1OCc1ccccc1. The maximum absolute atomic E-state index is 13.0. The third-order valence-corrected chi connectivity index (χ3v) is 7.78. The Hall–Kier alpha value is -2.44. The maximum Gasteiger partial charge on any atom is 0.231 e. The van der Waals surface area contributed by atoms with E-state index in [0.29, 0.717) is 24.0 Å². The number of allylic oxidation sites excluding steroid dienone is 1. The van der Waals surface area contributed by atoms with Gasteiger partial charge in [0.15, 0.2) is 11.5 Å². The van der Waals surface area contributed by atoms with Crippen LogP contribution in [0.4, 0.5) is 0 Å². The van der Waals surface area contributed by atoms with E-state index in [0.717, 1.165) is 24.0 Å². The van der Waals surface area contributed by atoms with E-state index in [1.807, 2.05) is 60.3 Å². The summed E-state index contributed by atoms with van der Waals surface area (Å²) in [6, 6.07) is 15.9. The van der Waals surface area contributed by atoms with Gasteiger partial charge in [0.05, 0.1) is 18.4 Å². The first kappa shape index (κ1) is 20.5. The fraction of sp³-hybridized carbons (Fsp3) is 0.400. The summed E-state index contributed by atoms with van der Waals surface area (Å²) in [4.78, 5) is 14.5. The van der Waals surface area contributed by atoms with Crippen LogP contribution in [0.3, 0.4) is 0 Å². The quantitative estimate of drug-likeness (QED) is 0.708. The van der Waals surface area contributed by atoms with E-state index in [1.165, 1.54) is 16.9 Å². The second-order valence-corrected chi connectivity index (χ2v) is 9.84. The van der Waals surface area contributed by atoms with Crippen LogP contribution in [-0.4, -0.2) is 18.4 Å². The number of carbonyl (C=O) groups is 1. The Morgan fingerprint density at radius 3 is 2.77 bits per heavy atom. The van der Waals surface area contributed by atoms with Crippen LogP contribution in [0.15, 0.2) is 59.0 Å². The Morgan fingerprint density at radius 2 is 1.97 bits per heavy atom. The van der Waals surface area contributed by atoms with Crippen molar-refractivity contribution in [2.45, 2.75) is 44.3 Å². The third kappa shape index (κ3) is 4.06. The van der Waals surface area contributed by atoms with E-state index >= 15 is 0 Å². The zero-order valence-corrected chi connectivity index (χ0v) is 18.7. The highest BCUT2D eigenvalue weighted by Crippen LogP contribution is 2.51. The van der Waals surface area contributed by atoms with Crippen LogP contribution >= 0.6 is 11.8 Å². The van der Waals surface area contributed by atoms with E-state index in [9.17, 15) is 4.79 Å². The van der Waals surface area contributed by atoms with Crippen molar-refractivity contribution in [3.63, 3.8) is 0 Å². The molecule has 5 nitrogen and oxygen atoms in total. The Balaban J connectivity index is 1.30. The van der Waals surface area contributed by atoms with E-state index in [4.69, 9.17) is 9.47 Å². The molecule has 0 spiro atoms. The van der Waals surface area contributed by atoms with E-state index < -0.39 is 0 Å². The normalized spacial score (nSPS) is 27.4. The molecule has 2 aliphatic heterocycles. The molecule has 1 fully saturated rings. The van der Waals surface area contributed by atoms with Gasteiger partial charge in [0.1, 0.15) is 12.8 Å². The van der Waals surface area contributed by atoms with Gasteiger partial charge in [-0.2, -0.15) is 0 Å². The first-order valence-corrected chi connectivity index (χ1v) is 11.8. The zero-order chi connectivity index (χ0) is 21.4. The first-order chi connectivity index (χ1) is 15.1. The molecule has 2 N–H and O–H groups in total. The Kier molecular flexibility index (Phi) is 5.67. The van der Waals surface area contributed by atoms with Crippen molar-refractivity contribution in [1.82, 2.24) is 10.6 Å². The number of fused-ring (bicyclic) bond motifs is 2. The van der Waals surface area contributed by atoms with Crippen LogP contribution in [0.5, 0.6) is 11.5 Å². The molecule has 4 atom stereocenters. The smallest absolute Gasteiger partial charge is 0.231 e. The Morgan fingerprint density at radius 1 is 1.13 bits per heavy atom. The molecule has 0 radical (unpaired) electrons. The minimum atomic E-state index is -0.239. The minimum Gasteiger partial charge on any atom is -0.493 e. The lowest BCUT2D eigenvalue weighted by atomic mass is 9.83. The average molecular weight is 437 g/mol. The van der Waals surface area contributed by atoms with Gasteiger partial charge in [-0.3, -0.25) is 10.1 Å². The van der Waals surface area contributed by atoms with Gasteiger partial charge in [-0.05, 0) is 58.9 Å². The van der Waals surface area contributed by atoms with Crippen molar-refractivity contribution < 1.29 is 14.3 Å². The van der Waals surface area contributed by atoms with Crippen molar-refractivity contribution in [3.8, 4) is 11.5 Å². The number of methoxy groups -OCH3 is 1. The Labute approximate surface area is 187 Å². The molecule has 1 amide bonds. The van der Waals surface area contributed by atoms with E-state index in [2.05, 4.69) is 17.6 Å². The van der Waals surface area contributed by atoms with Crippen molar-refractivity contribution in [3.05, 3.63) is 70.1 Å². The van der Waals surface area contributed by atoms with Crippen LogP contribution in [0, 0.1) is 11.8 Å². The molecule has 1 saturated heterocycles. The van der Waals surface area contributed by atoms with E-state index in [1.54, 1.807) is 7.11 Å². The number of amides is 1. The summed E-state index contributed by atoms with van der Waals surface area (Å²) in [6.45, 7) is 2.78. The van der Waals surface area contributed by atoms with Crippen LogP contribution in [0.2, 0.25) is 0 Å². The monoisotopic (exact) mass is 436 g/mol. The standard InChI is InChI=1S/C25H28N2O3S/c1-15-8-10-18-21(12-15)31-25-22(18)24(28)26-23(27-25)17-9-11-19(20(13-17)29-2)30-14-16-6-4-3-5-7-16/h3-7,9,11,13,15,22-23,25,27H,8,10,12,14H2,1-2H3,(H,26,28). The molecule has 3 aliphatic rings. The summed E-state index contributed by atoms with van der Waals surface area (Å²) in [5.41, 5.74) is 3.43.